The molecule has 40 heavy (non-hydrogen) atoms. The number of hydrogen-bond acceptors (Lipinski definition) is 5. The van der Waals surface area contributed by atoms with Gasteiger partial charge in [0, 0.05) is 31.3 Å². The first-order chi connectivity index (χ1) is 19.3. The van der Waals surface area contributed by atoms with Gasteiger partial charge in [0.25, 0.3) is 0 Å². The van der Waals surface area contributed by atoms with Crippen LogP contribution in [0.25, 0.3) is 0 Å². The molecule has 0 aliphatic rings. The number of hydrogen-bond donors (Lipinski definition) is 1. The summed E-state index contributed by atoms with van der Waals surface area (Å²) in [7, 11) is -3.40. The van der Waals surface area contributed by atoms with Gasteiger partial charge >= 0.3 is 0 Å². The molecule has 206 valence electrons. The van der Waals surface area contributed by atoms with Crippen molar-refractivity contribution < 1.29 is 17.9 Å². The van der Waals surface area contributed by atoms with Crippen LogP contribution in [0, 0.1) is 18.8 Å². The van der Waals surface area contributed by atoms with E-state index in [0.29, 0.717) is 37.6 Å². The van der Waals surface area contributed by atoms with E-state index < -0.39 is 10.0 Å². The van der Waals surface area contributed by atoms with Crippen LogP contribution < -0.4 is 19.1 Å². The zero-order valence-electron chi connectivity index (χ0n) is 23.1. The predicted molar refractivity (Wildman–Crippen MR) is 162 cm³/mol. The lowest BCUT2D eigenvalue weighted by molar-refractivity contribution is 0.325. The van der Waals surface area contributed by atoms with E-state index in [1.807, 2.05) is 92.7 Å². The molecule has 0 heterocycles. The van der Waals surface area contributed by atoms with E-state index in [4.69, 9.17) is 9.47 Å². The highest BCUT2D eigenvalue weighted by Crippen LogP contribution is 2.31. The molecule has 0 saturated heterocycles. The van der Waals surface area contributed by atoms with Gasteiger partial charge in [-0.1, -0.05) is 54.6 Å². The van der Waals surface area contributed by atoms with Crippen LogP contribution >= 0.6 is 0 Å². The van der Waals surface area contributed by atoms with Gasteiger partial charge in [-0.05, 0) is 66.9 Å². The van der Waals surface area contributed by atoms with Crippen molar-refractivity contribution in [3.8, 4) is 29.1 Å². The first-order valence-electron chi connectivity index (χ1n) is 13.1. The molecule has 0 fully saturated rings. The summed E-state index contributed by atoms with van der Waals surface area (Å²) in [4.78, 5) is 2.25. The quantitative estimate of drug-likeness (QED) is 0.149. The van der Waals surface area contributed by atoms with Crippen molar-refractivity contribution in [2.24, 2.45) is 0 Å². The Kier molecular flexibility index (Phi) is 9.71. The smallest absolute Gasteiger partial charge is 0.229 e. The minimum absolute atomic E-state index is 0.533. The first kappa shape index (κ1) is 28.6. The Labute approximate surface area is 237 Å². The van der Waals surface area contributed by atoms with Gasteiger partial charge in [0.1, 0.15) is 17.2 Å². The summed E-state index contributed by atoms with van der Waals surface area (Å²) in [6, 6.07) is 31.5. The van der Waals surface area contributed by atoms with Crippen LogP contribution in [0.1, 0.15) is 30.0 Å². The number of nitrogens with one attached hydrogen (secondary N) is 1. The number of rotatable bonds is 12. The van der Waals surface area contributed by atoms with Crippen LogP contribution in [0.4, 0.5) is 11.4 Å². The van der Waals surface area contributed by atoms with Crippen LogP contribution in [-0.2, 0) is 23.1 Å². The zero-order chi connectivity index (χ0) is 28.4. The molecule has 6 nitrogen and oxygen atoms in total. The minimum Gasteiger partial charge on any atom is -0.492 e. The third-order valence-electron chi connectivity index (χ3n) is 6.17. The van der Waals surface area contributed by atoms with Crippen molar-refractivity contribution in [1.82, 2.24) is 0 Å². The highest BCUT2D eigenvalue weighted by molar-refractivity contribution is 7.92. The number of benzene rings is 4. The standard InChI is InChI=1S/C33H34N2O4S/c1-4-5-9-22-38-30-14-10-15-31(23-30)39-29-20-18-28(19-21-29)25-35(24-27-12-7-6-8-13-27)33-17-11-16-32(26(33)2)34-40(3,36)37/h6-8,10-21,23,34H,9,22,24-25H2,1-3H3. The lowest BCUT2D eigenvalue weighted by atomic mass is 10.1. The summed E-state index contributed by atoms with van der Waals surface area (Å²) in [5.41, 5.74) is 4.66. The van der Waals surface area contributed by atoms with E-state index in [1.54, 1.807) is 6.07 Å². The Balaban J connectivity index is 1.51. The molecule has 0 unspecified atom stereocenters. The molecule has 0 radical (unpaired) electrons. The number of sulfonamides is 1. The largest absolute Gasteiger partial charge is 0.492 e. The number of anilines is 2. The number of ether oxygens (including phenoxy) is 2. The maximum absolute atomic E-state index is 11.9. The van der Waals surface area contributed by atoms with E-state index in [9.17, 15) is 8.42 Å². The summed E-state index contributed by atoms with van der Waals surface area (Å²) < 4.78 is 38.3. The molecule has 4 rings (SSSR count). The Morgan fingerprint density at radius 3 is 2.17 bits per heavy atom. The number of nitrogens with zero attached hydrogens (tertiary/aromatic N) is 1. The fourth-order valence-corrected chi connectivity index (χ4v) is 4.92. The van der Waals surface area contributed by atoms with Gasteiger partial charge in [0.15, 0.2) is 0 Å². The molecule has 0 amide bonds. The second-order valence-electron chi connectivity index (χ2n) is 9.41. The highest BCUT2D eigenvalue weighted by atomic mass is 32.2. The van der Waals surface area contributed by atoms with Crippen molar-refractivity contribution in [3.05, 3.63) is 114 Å². The van der Waals surface area contributed by atoms with E-state index in [1.165, 1.54) is 0 Å². The molecule has 0 bridgehead atoms. The van der Waals surface area contributed by atoms with Crippen molar-refractivity contribution in [1.29, 1.82) is 0 Å². The molecule has 1 N–H and O–H groups in total. The van der Waals surface area contributed by atoms with Crippen LogP contribution in [0.5, 0.6) is 17.2 Å². The highest BCUT2D eigenvalue weighted by Gasteiger charge is 2.15. The molecule has 7 heteroatoms. The predicted octanol–water partition coefficient (Wildman–Crippen LogP) is 7.16. The van der Waals surface area contributed by atoms with Gasteiger partial charge in [-0.25, -0.2) is 8.42 Å². The maximum Gasteiger partial charge on any atom is 0.229 e. The fourth-order valence-electron chi connectivity index (χ4n) is 4.30. The second kappa shape index (κ2) is 13.6. The molecule has 0 spiro atoms. The topological polar surface area (TPSA) is 67.9 Å². The lowest BCUT2D eigenvalue weighted by Gasteiger charge is -2.28. The SMILES string of the molecule is CC#CCCOc1cccc(Oc2ccc(CN(Cc3ccccc3)c3cccc(NS(C)(=O)=O)c3C)cc2)c1. The van der Waals surface area contributed by atoms with Gasteiger partial charge in [0.05, 0.1) is 18.6 Å². The molecule has 0 aromatic heterocycles. The molecule has 4 aromatic carbocycles. The summed E-state index contributed by atoms with van der Waals surface area (Å²) in [5.74, 6) is 8.02. The summed E-state index contributed by atoms with van der Waals surface area (Å²) in [6.07, 6.45) is 1.85. The average Bonchev–Trinajstić information content (AvgIpc) is 2.93. The van der Waals surface area contributed by atoms with Gasteiger partial charge in [0.2, 0.25) is 10.0 Å². The van der Waals surface area contributed by atoms with Crippen molar-refractivity contribution >= 4 is 21.4 Å². The Bertz CT molecular complexity index is 1570. The molecular formula is C33H34N2O4S. The van der Waals surface area contributed by atoms with Gasteiger partial charge < -0.3 is 14.4 Å². The second-order valence-corrected chi connectivity index (χ2v) is 11.2. The third kappa shape index (κ3) is 8.55. The van der Waals surface area contributed by atoms with Gasteiger partial charge in [-0.3, -0.25) is 4.72 Å². The van der Waals surface area contributed by atoms with Crippen molar-refractivity contribution in [3.63, 3.8) is 0 Å². The Morgan fingerprint density at radius 2 is 1.48 bits per heavy atom. The molecule has 4 aromatic rings. The first-order valence-corrected chi connectivity index (χ1v) is 15.0. The van der Waals surface area contributed by atoms with E-state index in [0.717, 1.165) is 40.1 Å². The van der Waals surface area contributed by atoms with Gasteiger partial charge in [-0.15, -0.1) is 11.8 Å². The van der Waals surface area contributed by atoms with Crippen LogP contribution in [-0.4, -0.2) is 21.3 Å². The van der Waals surface area contributed by atoms with Crippen LogP contribution in [0.2, 0.25) is 0 Å². The normalized spacial score (nSPS) is 10.8. The summed E-state index contributed by atoms with van der Waals surface area (Å²) in [5, 5.41) is 0. The Morgan fingerprint density at radius 1 is 0.800 bits per heavy atom. The summed E-state index contributed by atoms with van der Waals surface area (Å²) in [6.45, 7) is 5.58. The summed E-state index contributed by atoms with van der Waals surface area (Å²) >= 11 is 0. The Hall–Kier alpha value is -4.41. The van der Waals surface area contributed by atoms with Crippen molar-refractivity contribution in [2.45, 2.75) is 33.4 Å². The van der Waals surface area contributed by atoms with E-state index in [-0.39, 0.29) is 0 Å². The van der Waals surface area contributed by atoms with Crippen LogP contribution in [0.3, 0.4) is 0 Å². The zero-order valence-corrected chi connectivity index (χ0v) is 23.9. The van der Waals surface area contributed by atoms with Gasteiger partial charge in [-0.2, -0.15) is 0 Å². The van der Waals surface area contributed by atoms with E-state index in [2.05, 4.69) is 33.6 Å². The molecule has 0 aliphatic carbocycles. The van der Waals surface area contributed by atoms with Crippen molar-refractivity contribution in [2.75, 3.05) is 22.5 Å². The van der Waals surface area contributed by atoms with Crippen LogP contribution in [0.15, 0.2) is 97.1 Å². The third-order valence-corrected chi connectivity index (χ3v) is 6.76. The molecule has 0 atom stereocenters. The molecule has 0 saturated carbocycles. The molecular weight excluding hydrogens is 520 g/mol. The fraction of sp³-hybridized carbons (Fsp3) is 0.212. The lowest BCUT2D eigenvalue weighted by Crippen LogP contribution is -2.23. The minimum atomic E-state index is -3.40. The average molecular weight is 555 g/mol. The maximum atomic E-state index is 11.9. The van der Waals surface area contributed by atoms with E-state index >= 15 is 0 Å². The monoisotopic (exact) mass is 554 g/mol. The molecule has 0 aliphatic heterocycles.